The van der Waals surface area contributed by atoms with Crippen molar-refractivity contribution < 1.29 is 14.6 Å². The van der Waals surface area contributed by atoms with Crippen molar-refractivity contribution in [2.45, 2.75) is 25.2 Å². The molecule has 15 heavy (non-hydrogen) atoms. The second-order valence-corrected chi connectivity index (χ2v) is 3.77. The molecular formula is C12H16O3. The van der Waals surface area contributed by atoms with Gasteiger partial charge in [0.05, 0.1) is 13.2 Å². The normalized spacial score (nSPS) is 26.5. The van der Waals surface area contributed by atoms with Crippen molar-refractivity contribution in [3.8, 4) is 0 Å². The topological polar surface area (TPSA) is 38.7 Å². The van der Waals surface area contributed by atoms with Crippen molar-refractivity contribution in [2.24, 2.45) is 0 Å². The van der Waals surface area contributed by atoms with Crippen molar-refractivity contribution in [2.75, 3.05) is 13.2 Å². The highest BCUT2D eigenvalue weighted by Crippen LogP contribution is 2.12. The molecule has 0 saturated carbocycles. The predicted molar refractivity (Wildman–Crippen MR) is 56.5 cm³/mol. The van der Waals surface area contributed by atoms with Gasteiger partial charge in [-0.05, 0) is 12.0 Å². The maximum Gasteiger partial charge on any atom is 0.158 e. The Morgan fingerprint density at radius 1 is 1.13 bits per heavy atom. The average Bonchev–Trinajstić information content (AvgIpc) is 2.30. The lowest BCUT2D eigenvalue weighted by atomic mass is 10.1. The molecular weight excluding hydrogens is 192 g/mol. The summed E-state index contributed by atoms with van der Waals surface area (Å²) in [7, 11) is 0. The molecule has 1 aliphatic rings. The largest absolute Gasteiger partial charge is 0.388 e. The summed E-state index contributed by atoms with van der Waals surface area (Å²) in [6, 6.07) is 10.3. The third-order valence-corrected chi connectivity index (χ3v) is 2.46. The molecule has 1 saturated heterocycles. The lowest BCUT2D eigenvalue weighted by molar-refractivity contribution is -0.217. The molecule has 0 amide bonds. The van der Waals surface area contributed by atoms with E-state index in [1.54, 1.807) is 0 Å². The second-order valence-electron chi connectivity index (χ2n) is 3.77. The van der Waals surface area contributed by atoms with E-state index in [-0.39, 0.29) is 6.29 Å². The zero-order chi connectivity index (χ0) is 10.5. The van der Waals surface area contributed by atoms with Crippen molar-refractivity contribution in [1.82, 2.24) is 0 Å². The molecule has 0 unspecified atom stereocenters. The van der Waals surface area contributed by atoms with Gasteiger partial charge in [-0.2, -0.15) is 0 Å². The maximum atomic E-state index is 9.16. The number of hydrogen-bond acceptors (Lipinski definition) is 3. The van der Waals surface area contributed by atoms with E-state index in [0.29, 0.717) is 13.2 Å². The van der Waals surface area contributed by atoms with E-state index in [2.05, 4.69) is 12.1 Å². The number of aliphatic hydroxyl groups is 1. The molecule has 3 heteroatoms. The predicted octanol–water partition coefficient (Wildman–Crippen LogP) is 1.35. The summed E-state index contributed by atoms with van der Waals surface area (Å²) in [4.78, 5) is 0. The van der Waals surface area contributed by atoms with Crippen LogP contribution in [0.1, 0.15) is 12.0 Å². The number of hydrogen-bond donors (Lipinski definition) is 1. The van der Waals surface area contributed by atoms with Crippen molar-refractivity contribution >= 4 is 0 Å². The molecule has 0 spiro atoms. The van der Waals surface area contributed by atoms with E-state index in [1.165, 1.54) is 5.56 Å². The summed E-state index contributed by atoms with van der Waals surface area (Å²) < 4.78 is 10.7. The molecule has 1 heterocycles. The van der Waals surface area contributed by atoms with Gasteiger partial charge in [-0.15, -0.1) is 0 Å². The minimum absolute atomic E-state index is 0.159. The van der Waals surface area contributed by atoms with Crippen LogP contribution in [-0.4, -0.2) is 30.7 Å². The molecule has 0 aliphatic carbocycles. The van der Waals surface area contributed by atoms with E-state index < -0.39 is 6.10 Å². The third kappa shape index (κ3) is 3.30. The summed E-state index contributed by atoms with van der Waals surface area (Å²) in [5.74, 6) is 0. The van der Waals surface area contributed by atoms with Gasteiger partial charge in [0.1, 0.15) is 6.10 Å². The van der Waals surface area contributed by atoms with Crippen LogP contribution in [0.2, 0.25) is 0 Å². The van der Waals surface area contributed by atoms with Crippen LogP contribution in [-0.2, 0) is 15.9 Å². The fourth-order valence-corrected chi connectivity index (χ4v) is 1.63. The first-order valence-electron chi connectivity index (χ1n) is 5.30. The van der Waals surface area contributed by atoms with E-state index >= 15 is 0 Å². The van der Waals surface area contributed by atoms with Gasteiger partial charge in [0.2, 0.25) is 0 Å². The molecule has 1 N–H and O–H groups in total. The molecule has 1 aromatic carbocycles. The van der Waals surface area contributed by atoms with Crippen molar-refractivity contribution in [3.63, 3.8) is 0 Å². The van der Waals surface area contributed by atoms with E-state index in [1.807, 2.05) is 18.2 Å². The first-order chi connectivity index (χ1) is 7.34. The summed E-state index contributed by atoms with van der Waals surface area (Å²) in [5.41, 5.74) is 1.29. The van der Waals surface area contributed by atoms with Crippen molar-refractivity contribution in [3.05, 3.63) is 35.9 Å². The number of aryl methyl sites for hydroxylation is 1. The van der Waals surface area contributed by atoms with Gasteiger partial charge in [-0.25, -0.2) is 0 Å². The van der Waals surface area contributed by atoms with Gasteiger partial charge in [-0.3, -0.25) is 0 Å². The molecule has 1 fully saturated rings. The standard InChI is InChI=1S/C12H16O3/c13-11-8-14-12(15-9-11)7-6-10-4-2-1-3-5-10/h1-5,11-13H,6-9H2. The van der Waals surface area contributed by atoms with Gasteiger partial charge in [-0.1, -0.05) is 30.3 Å². The van der Waals surface area contributed by atoms with Crippen LogP contribution in [0.25, 0.3) is 0 Å². The zero-order valence-corrected chi connectivity index (χ0v) is 8.63. The molecule has 1 aliphatic heterocycles. The lowest BCUT2D eigenvalue weighted by Crippen LogP contribution is -2.35. The highest BCUT2D eigenvalue weighted by atomic mass is 16.7. The summed E-state index contributed by atoms with van der Waals surface area (Å²) in [6.07, 6.45) is 1.17. The minimum Gasteiger partial charge on any atom is -0.388 e. The average molecular weight is 208 g/mol. The summed E-state index contributed by atoms with van der Waals surface area (Å²) in [6.45, 7) is 0.777. The number of aliphatic hydroxyl groups excluding tert-OH is 1. The van der Waals surface area contributed by atoms with Crippen LogP contribution < -0.4 is 0 Å². The Morgan fingerprint density at radius 2 is 1.80 bits per heavy atom. The molecule has 82 valence electrons. The van der Waals surface area contributed by atoms with E-state index in [9.17, 15) is 0 Å². The highest BCUT2D eigenvalue weighted by molar-refractivity contribution is 5.14. The second kappa shape index (κ2) is 5.26. The molecule has 0 aromatic heterocycles. The molecule has 0 radical (unpaired) electrons. The Kier molecular flexibility index (Phi) is 3.72. The molecule has 0 atom stereocenters. The Morgan fingerprint density at radius 3 is 2.47 bits per heavy atom. The van der Waals surface area contributed by atoms with Gasteiger partial charge in [0, 0.05) is 6.42 Å². The maximum absolute atomic E-state index is 9.16. The van der Waals surface area contributed by atoms with Crippen LogP contribution in [0.5, 0.6) is 0 Å². The van der Waals surface area contributed by atoms with Gasteiger partial charge >= 0.3 is 0 Å². The van der Waals surface area contributed by atoms with Gasteiger partial charge < -0.3 is 14.6 Å². The lowest BCUT2D eigenvalue weighted by Gasteiger charge is -2.26. The Balaban J connectivity index is 1.74. The van der Waals surface area contributed by atoms with Gasteiger partial charge in [0.25, 0.3) is 0 Å². The zero-order valence-electron chi connectivity index (χ0n) is 8.63. The van der Waals surface area contributed by atoms with Gasteiger partial charge in [0.15, 0.2) is 6.29 Å². The quantitative estimate of drug-likeness (QED) is 0.815. The minimum atomic E-state index is -0.460. The molecule has 3 nitrogen and oxygen atoms in total. The van der Waals surface area contributed by atoms with Crippen molar-refractivity contribution in [1.29, 1.82) is 0 Å². The Hall–Kier alpha value is -0.900. The van der Waals surface area contributed by atoms with Crippen LogP contribution in [0.15, 0.2) is 30.3 Å². The Bertz CT molecular complexity index is 278. The number of benzene rings is 1. The molecule has 0 bridgehead atoms. The van der Waals surface area contributed by atoms with Crippen LogP contribution in [0.4, 0.5) is 0 Å². The fraction of sp³-hybridized carbons (Fsp3) is 0.500. The third-order valence-electron chi connectivity index (χ3n) is 2.46. The SMILES string of the molecule is OC1COC(CCc2ccccc2)OC1. The first kappa shape index (κ1) is 10.6. The molecule has 1 aromatic rings. The van der Waals surface area contributed by atoms with Crippen LogP contribution in [0, 0.1) is 0 Å². The summed E-state index contributed by atoms with van der Waals surface area (Å²) in [5, 5.41) is 9.16. The number of rotatable bonds is 3. The van der Waals surface area contributed by atoms with E-state index in [0.717, 1.165) is 12.8 Å². The summed E-state index contributed by atoms with van der Waals surface area (Å²) >= 11 is 0. The van der Waals surface area contributed by atoms with Crippen LogP contribution >= 0.6 is 0 Å². The smallest absolute Gasteiger partial charge is 0.158 e. The van der Waals surface area contributed by atoms with E-state index in [4.69, 9.17) is 14.6 Å². The van der Waals surface area contributed by atoms with Crippen LogP contribution in [0.3, 0.4) is 0 Å². The fourth-order valence-electron chi connectivity index (χ4n) is 1.63. The number of ether oxygens (including phenoxy) is 2. The first-order valence-corrected chi connectivity index (χ1v) is 5.30. The Labute approximate surface area is 89.6 Å². The molecule has 2 rings (SSSR count). The highest BCUT2D eigenvalue weighted by Gasteiger charge is 2.19. The monoisotopic (exact) mass is 208 g/mol.